The summed E-state index contributed by atoms with van der Waals surface area (Å²) in [6.45, 7) is 1.63. The molecule has 4 N–H and O–H groups in total. The molecule has 7 rings (SSSR count). The Balaban J connectivity index is 1.32. The van der Waals surface area contributed by atoms with Crippen LogP contribution in [0.1, 0.15) is 54.5 Å². The summed E-state index contributed by atoms with van der Waals surface area (Å²) in [5, 5.41) is 10.9. The molecule has 3 aliphatic rings. The largest absolute Gasteiger partial charge is 0.457 e. The van der Waals surface area contributed by atoms with E-state index in [4.69, 9.17) is 4.74 Å². The molecule has 0 aromatic heterocycles. The number of hydrogen-bond donors (Lipinski definition) is 4. The Morgan fingerprint density at radius 2 is 1.58 bits per heavy atom. The van der Waals surface area contributed by atoms with Crippen LogP contribution in [0, 0.1) is 5.82 Å². The van der Waals surface area contributed by atoms with Crippen molar-refractivity contribution in [2.45, 2.75) is 69.7 Å². The van der Waals surface area contributed by atoms with Crippen LogP contribution in [-0.4, -0.2) is 59.1 Å². The maximum Gasteiger partial charge on any atom is 0.243 e. The molecule has 0 saturated carbocycles. The van der Waals surface area contributed by atoms with Crippen molar-refractivity contribution < 1.29 is 33.1 Å². The molecule has 274 valence electrons. The first-order valence-electron chi connectivity index (χ1n) is 17.7. The molecule has 3 unspecified atom stereocenters. The zero-order valence-electron chi connectivity index (χ0n) is 29.3. The number of amides is 5. The fourth-order valence-electron chi connectivity index (χ4n) is 6.78. The van der Waals surface area contributed by atoms with E-state index in [0.29, 0.717) is 29.2 Å². The third-order valence-electron chi connectivity index (χ3n) is 9.44. The van der Waals surface area contributed by atoms with E-state index < -0.39 is 54.0 Å². The van der Waals surface area contributed by atoms with E-state index in [-0.39, 0.29) is 36.9 Å². The Labute approximate surface area is 307 Å². The minimum Gasteiger partial charge on any atom is -0.457 e. The van der Waals surface area contributed by atoms with Gasteiger partial charge in [0.25, 0.3) is 0 Å². The lowest BCUT2D eigenvalue weighted by Gasteiger charge is -2.29. The third kappa shape index (κ3) is 9.65. The molecule has 5 amide bonds. The van der Waals surface area contributed by atoms with E-state index in [9.17, 15) is 28.4 Å². The third-order valence-corrected chi connectivity index (χ3v) is 9.44. The number of carbonyl (C=O) groups is 5. The Bertz CT molecular complexity index is 1960. The Morgan fingerprint density at radius 3 is 2.34 bits per heavy atom. The maximum atomic E-state index is 14.4. The van der Waals surface area contributed by atoms with Crippen molar-refractivity contribution >= 4 is 29.5 Å². The normalized spacial score (nSPS) is 20.4. The molecule has 1 saturated heterocycles. The fraction of sp³-hybridized carbons (Fsp3) is 0.293. The fourth-order valence-corrected chi connectivity index (χ4v) is 6.78. The van der Waals surface area contributed by atoms with Crippen molar-refractivity contribution in [1.29, 1.82) is 0 Å². The van der Waals surface area contributed by atoms with Crippen LogP contribution in [0.15, 0.2) is 103 Å². The second-order valence-corrected chi connectivity index (χ2v) is 13.3. The van der Waals surface area contributed by atoms with Crippen LogP contribution in [0.2, 0.25) is 0 Å². The average Bonchev–Trinajstić information content (AvgIpc) is 3.65. The van der Waals surface area contributed by atoms with Crippen molar-refractivity contribution in [3.63, 3.8) is 0 Å². The van der Waals surface area contributed by atoms with Crippen LogP contribution < -0.4 is 26.0 Å². The summed E-state index contributed by atoms with van der Waals surface area (Å²) in [6, 6.07) is 25.9. The molecule has 3 aliphatic heterocycles. The minimum absolute atomic E-state index is 0.0376. The molecule has 0 aliphatic carbocycles. The van der Waals surface area contributed by atoms with Gasteiger partial charge in [0.2, 0.25) is 29.5 Å². The maximum absolute atomic E-state index is 14.4. The van der Waals surface area contributed by atoms with Crippen LogP contribution in [0.3, 0.4) is 0 Å². The van der Waals surface area contributed by atoms with Gasteiger partial charge >= 0.3 is 0 Å². The Morgan fingerprint density at radius 1 is 0.830 bits per heavy atom. The molecular formula is C41H42FN5O6. The highest BCUT2D eigenvalue weighted by Crippen LogP contribution is 2.32. The van der Waals surface area contributed by atoms with E-state index in [1.165, 1.54) is 13.0 Å². The number of hydrogen-bond acceptors (Lipinski definition) is 6. The van der Waals surface area contributed by atoms with E-state index >= 15 is 0 Å². The van der Waals surface area contributed by atoms with Crippen molar-refractivity contribution in [2.24, 2.45) is 0 Å². The molecule has 4 aromatic rings. The molecule has 3 heterocycles. The topological polar surface area (TPSA) is 146 Å². The first kappa shape index (κ1) is 36.7. The van der Waals surface area contributed by atoms with Crippen molar-refractivity contribution in [1.82, 2.24) is 26.2 Å². The zero-order valence-corrected chi connectivity index (χ0v) is 29.3. The molecule has 53 heavy (non-hydrogen) atoms. The second-order valence-electron chi connectivity index (χ2n) is 13.3. The first-order valence-corrected chi connectivity index (χ1v) is 17.7. The number of carbonyl (C=O) groups excluding carboxylic acids is 5. The SMILES string of the molecule is CC(=O)NC1Cc2cccc(c2)Oc2ccc(cc2)CC(C(=O)NCc2ccccc2F)NC(=O)C(CC(=O)N2CCC[C@@H]2c2ccccc2)NC1=O. The van der Waals surface area contributed by atoms with Gasteiger partial charge in [-0.1, -0.05) is 72.8 Å². The van der Waals surface area contributed by atoms with E-state index in [1.807, 2.05) is 30.3 Å². The molecule has 1 fully saturated rings. The Kier molecular flexibility index (Phi) is 11.8. The van der Waals surface area contributed by atoms with Crippen LogP contribution in [0.25, 0.3) is 0 Å². The summed E-state index contributed by atoms with van der Waals surface area (Å²) >= 11 is 0. The van der Waals surface area contributed by atoms with Crippen LogP contribution >= 0.6 is 0 Å². The highest BCUT2D eigenvalue weighted by Gasteiger charge is 2.36. The van der Waals surface area contributed by atoms with Gasteiger partial charge in [-0.2, -0.15) is 0 Å². The Hall–Kier alpha value is -6.04. The summed E-state index contributed by atoms with van der Waals surface area (Å²) in [4.78, 5) is 69.9. The minimum atomic E-state index is -1.40. The molecule has 4 atom stereocenters. The number of fused-ring (bicyclic) bond motifs is 10. The van der Waals surface area contributed by atoms with Gasteiger partial charge in [-0.25, -0.2) is 4.39 Å². The van der Waals surface area contributed by atoms with Gasteiger partial charge in [-0.15, -0.1) is 0 Å². The number of nitrogens with one attached hydrogen (secondary N) is 4. The van der Waals surface area contributed by atoms with E-state index in [1.54, 1.807) is 71.6 Å². The molecule has 4 bridgehead atoms. The number of ether oxygens (including phenoxy) is 1. The van der Waals surface area contributed by atoms with Gasteiger partial charge in [-0.05, 0) is 59.9 Å². The standard InChI is InChI=1S/C41H42FN5O6/c1-26(48)44-35-23-28-9-7-13-32(21-28)53-31-18-16-27(17-19-31)22-34(39(50)43-25-30-12-5-6-14-33(30)42)45-41(52)36(46-40(35)51)24-38(49)47-20-8-15-37(47)29-10-3-2-4-11-29/h2-7,9-14,16-19,21,34-37H,8,15,20,22-25H2,1H3,(H,43,50)(H,44,48)(H,45,52)(H,46,51)/t34?,35?,36?,37-/m1/s1. The summed E-state index contributed by atoms with van der Waals surface area (Å²) in [7, 11) is 0. The van der Waals surface area contributed by atoms with Gasteiger partial charge in [-0.3, -0.25) is 24.0 Å². The second kappa shape index (κ2) is 17.0. The van der Waals surface area contributed by atoms with Crippen LogP contribution in [0.5, 0.6) is 11.5 Å². The molecule has 4 aromatic carbocycles. The van der Waals surface area contributed by atoms with E-state index in [0.717, 1.165) is 18.4 Å². The summed E-state index contributed by atoms with van der Waals surface area (Å²) in [5.41, 5.74) is 2.60. The predicted molar refractivity (Wildman–Crippen MR) is 195 cm³/mol. The monoisotopic (exact) mass is 719 g/mol. The van der Waals surface area contributed by atoms with Gasteiger partial charge in [0.1, 0.15) is 35.4 Å². The number of rotatable bonds is 7. The average molecular weight is 720 g/mol. The summed E-state index contributed by atoms with van der Waals surface area (Å²) in [5.74, 6) is -2.31. The van der Waals surface area contributed by atoms with Crippen molar-refractivity contribution in [3.05, 3.63) is 131 Å². The first-order chi connectivity index (χ1) is 25.6. The lowest BCUT2D eigenvalue weighted by molar-refractivity contribution is -0.138. The van der Waals surface area contributed by atoms with Crippen LogP contribution in [0.4, 0.5) is 4.39 Å². The zero-order chi connectivity index (χ0) is 37.3. The highest BCUT2D eigenvalue weighted by molar-refractivity contribution is 5.96. The number of likely N-dealkylation sites (tertiary alicyclic amines) is 1. The van der Waals surface area contributed by atoms with Crippen molar-refractivity contribution in [3.8, 4) is 11.5 Å². The van der Waals surface area contributed by atoms with Gasteiger partial charge < -0.3 is 30.9 Å². The van der Waals surface area contributed by atoms with Gasteiger partial charge in [0.15, 0.2) is 0 Å². The predicted octanol–water partition coefficient (Wildman–Crippen LogP) is 4.26. The molecular weight excluding hydrogens is 677 g/mol. The summed E-state index contributed by atoms with van der Waals surface area (Å²) < 4.78 is 20.5. The summed E-state index contributed by atoms with van der Waals surface area (Å²) in [6.07, 6.45) is 1.22. The van der Waals surface area contributed by atoms with Gasteiger partial charge in [0, 0.05) is 38.4 Å². The molecule has 11 nitrogen and oxygen atoms in total. The lowest BCUT2D eigenvalue weighted by atomic mass is 10.0. The van der Waals surface area contributed by atoms with Crippen molar-refractivity contribution in [2.75, 3.05) is 6.54 Å². The number of nitrogens with zero attached hydrogens (tertiary/aromatic N) is 1. The smallest absolute Gasteiger partial charge is 0.243 e. The molecule has 0 spiro atoms. The number of benzene rings is 4. The van der Waals surface area contributed by atoms with Gasteiger partial charge in [0.05, 0.1) is 12.5 Å². The lowest BCUT2D eigenvalue weighted by Crippen LogP contribution is -2.58. The molecule has 12 heteroatoms. The quantitative estimate of drug-likeness (QED) is 0.225. The van der Waals surface area contributed by atoms with E-state index in [2.05, 4.69) is 21.3 Å². The number of halogens is 1. The van der Waals surface area contributed by atoms with Crippen LogP contribution in [-0.2, 0) is 43.4 Å². The highest BCUT2D eigenvalue weighted by atomic mass is 19.1. The molecule has 0 radical (unpaired) electrons.